The third kappa shape index (κ3) is 8.39. The number of aromatic hydroxyl groups is 2. The van der Waals surface area contributed by atoms with E-state index in [0.29, 0.717) is 25.0 Å². The van der Waals surface area contributed by atoms with Crippen LogP contribution in [0.3, 0.4) is 0 Å². The molecule has 1 saturated carbocycles. The van der Waals surface area contributed by atoms with E-state index in [2.05, 4.69) is 0 Å². The normalized spacial score (nSPS) is 16.6. The predicted molar refractivity (Wildman–Crippen MR) is 142 cm³/mol. The molecule has 3 atom stereocenters. The summed E-state index contributed by atoms with van der Waals surface area (Å²) in [5, 5.41) is 50.8. The molecule has 9 heteroatoms. The van der Waals surface area contributed by atoms with Gasteiger partial charge in [0.15, 0.2) is 23.0 Å². The van der Waals surface area contributed by atoms with Crippen molar-refractivity contribution in [2.75, 3.05) is 27.6 Å². The van der Waals surface area contributed by atoms with Gasteiger partial charge in [0.1, 0.15) is 6.79 Å². The van der Waals surface area contributed by atoms with E-state index in [1.54, 1.807) is 18.2 Å². The Bertz CT molecular complexity index is 965. The molecule has 0 spiro atoms. The molecule has 0 bridgehead atoms. The Hall–Kier alpha value is -2.72. The fraction of sp³-hybridized carbons (Fsp3) is 0.586. The van der Waals surface area contributed by atoms with Gasteiger partial charge in [-0.3, -0.25) is 0 Å². The van der Waals surface area contributed by atoms with Crippen molar-refractivity contribution < 1.29 is 44.5 Å². The fourth-order valence-corrected chi connectivity index (χ4v) is 5.03. The van der Waals surface area contributed by atoms with Gasteiger partial charge >= 0.3 is 0 Å². The minimum Gasteiger partial charge on any atom is -0.504 e. The molecule has 38 heavy (non-hydrogen) atoms. The Balaban J connectivity index is 1.61. The van der Waals surface area contributed by atoms with E-state index in [4.69, 9.17) is 18.9 Å². The first-order chi connectivity index (χ1) is 18.4. The maximum absolute atomic E-state index is 10.9. The molecule has 0 aromatic heterocycles. The van der Waals surface area contributed by atoms with Gasteiger partial charge in [0.05, 0.1) is 32.5 Å². The first-order valence-corrected chi connectivity index (χ1v) is 13.3. The van der Waals surface area contributed by atoms with E-state index in [1.165, 1.54) is 20.6 Å². The molecule has 1 fully saturated rings. The molecule has 0 radical (unpaired) electrons. The van der Waals surface area contributed by atoms with Gasteiger partial charge in [-0.15, -0.1) is 0 Å². The molecule has 2 aromatic rings. The van der Waals surface area contributed by atoms with Crippen molar-refractivity contribution in [3.8, 4) is 28.7 Å². The minimum atomic E-state index is -0.910. The van der Waals surface area contributed by atoms with E-state index in [0.717, 1.165) is 36.8 Å². The van der Waals surface area contributed by atoms with Crippen LogP contribution in [0.25, 0.3) is 0 Å². The van der Waals surface area contributed by atoms with Crippen molar-refractivity contribution in [3.05, 3.63) is 41.5 Å². The Labute approximate surface area is 224 Å². The number of hydrogen-bond acceptors (Lipinski definition) is 9. The van der Waals surface area contributed by atoms with E-state index in [1.807, 2.05) is 12.1 Å². The maximum atomic E-state index is 10.9. The van der Waals surface area contributed by atoms with Crippen LogP contribution in [0.5, 0.6) is 28.7 Å². The van der Waals surface area contributed by atoms with Crippen molar-refractivity contribution in [2.24, 2.45) is 5.92 Å². The molecule has 2 aromatic carbocycles. The third-order valence-electron chi connectivity index (χ3n) is 7.26. The monoisotopic (exact) mass is 534 g/mol. The van der Waals surface area contributed by atoms with Crippen LogP contribution in [0, 0.1) is 5.92 Å². The van der Waals surface area contributed by atoms with E-state index >= 15 is 0 Å². The molecular formula is C29H42O9. The van der Waals surface area contributed by atoms with Crippen LogP contribution in [-0.2, 0) is 17.6 Å². The van der Waals surface area contributed by atoms with E-state index < -0.39 is 24.9 Å². The molecule has 0 aliphatic heterocycles. The number of ether oxygens (including phenoxy) is 4. The zero-order valence-electron chi connectivity index (χ0n) is 22.3. The van der Waals surface area contributed by atoms with E-state index in [-0.39, 0.29) is 42.1 Å². The highest BCUT2D eigenvalue weighted by molar-refractivity contribution is 5.52. The number of rotatable bonds is 15. The molecule has 9 nitrogen and oxygen atoms in total. The third-order valence-corrected chi connectivity index (χ3v) is 7.26. The van der Waals surface area contributed by atoms with Crippen LogP contribution in [-0.4, -0.2) is 71.5 Å². The van der Waals surface area contributed by atoms with Crippen molar-refractivity contribution in [1.29, 1.82) is 0 Å². The lowest BCUT2D eigenvalue weighted by Crippen LogP contribution is -2.31. The maximum Gasteiger partial charge on any atom is 0.200 e. The molecule has 0 saturated heterocycles. The van der Waals surface area contributed by atoms with Crippen LogP contribution < -0.4 is 14.2 Å². The summed E-state index contributed by atoms with van der Waals surface area (Å²) in [6, 6.07) is 8.60. The van der Waals surface area contributed by atoms with Gasteiger partial charge in [-0.1, -0.05) is 12.5 Å². The summed E-state index contributed by atoms with van der Waals surface area (Å²) in [4.78, 5) is 0. The summed E-state index contributed by atoms with van der Waals surface area (Å²) in [5.41, 5.74) is 1.68. The molecule has 3 rings (SSSR count). The first kappa shape index (κ1) is 29.8. The van der Waals surface area contributed by atoms with Gasteiger partial charge in [0, 0.05) is 12.5 Å². The van der Waals surface area contributed by atoms with Crippen molar-refractivity contribution in [3.63, 3.8) is 0 Å². The Morgan fingerprint density at radius 1 is 0.895 bits per heavy atom. The predicted octanol–water partition coefficient (Wildman–Crippen LogP) is 3.70. The SMILES string of the molecule is COc1cc(C[C@H](CO)[C@H](O)C[C@H](CCc2ccc(O)c(OC3CCCCC3)c2)OCO)cc(OC)c1O. The summed E-state index contributed by atoms with van der Waals surface area (Å²) >= 11 is 0. The number of aryl methyl sites for hydroxylation is 1. The van der Waals surface area contributed by atoms with Gasteiger partial charge in [-0.05, 0) is 86.8 Å². The zero-order valence-corrected chi connectivity index (χ0v) is 22.3. The summed E-state index contributed by atoms with van der Waals surface area (Å²) < 4.78 is 22.0. The Morgan fingerprint density at radius 2 is 1.55 bits per heavy atom. The van der Waals surface area contributed by atoms with E-state index in [9.17, 15) is 25.5 Å². The summed E-state index contributed by atoms with van der Waals surface area (Å²) in [5.74, 6) is 0.460. The van der Waals surface area contributed by atoms with Crippen LogP contribution in [0.15, 0.2) is 30.3 Å². The smallest absolute Gasteiger partial charge is 0.200 e. The molecule has 1 aliphatic carbocycles. The van der Waals surface area contributed by atoms with Crippen LogP contribution >= 0.6 is 0 Å². The molecule has 212 valence electrons. The van der Waals surface area contributed by atoms with Crippen LogP contribution in [0.2, 0.25) is 0 Å². The number of aliphatic hydroxyl groups excluding tert-OH is 3. The van der Waals surface area contributed by atoms with Crippen LogP contribution in [0.4, 0.5) is 0 Å². The number of methoxy groups -OCH3 is 2. The van der Waals surface area contributed by atoms with Crippen molar-refractivity contribution in [1.82, 2.24) is 0 Å². The Kier molecular flexibility index (Phi) is 11.8. The van der Waals surface area contributed by atoms with Crippen LogP contribution in [0.1, 0.15) is 56.1 Å². The lowest BCUT2D eigenvalue weighted by molar-refractivity contribution is -0.0765. The number of hydrogen-bond donors (Lipinski definition) is 5. The standard InChI is InChI=1S/C29H42O9/c1-35-27-14-20(15-28(36-2)29(27)34)12-21(17-30)25(33)16-23(37-18-31)10-8-19-9-11-24(32)26(13-19)38-22-6-4-3-5-7-22/h9,11,13-15,21-23,25,30-34H,3-8,10,12,16-18H2,1-2H3/t21-,23+,25-/m1/s1. The molecular weight excluding hydrogens is 492 g/mol. The van der Waals surface area contributed by atoms with Gasteiger partial charge in [0.2, 0.25) is 5.75 Å². The number of phenols is 2. The summed E-state index contributed by atoms with van der Waals surface area (Å²) in [7, 11) is 2.87. The van der Waals surface area contributed by atoms with Crippen molar-refractivity contribution >= 4 is 0 Å². The zero-order chi connectivity index (χ0) is 27.5. The van der Waals surface area contributed by atoms with Gasteiger partial charge < -0.3 is 44.5 Å². The molecule has 0 heterocycles. The summed E-state index contributed by atoms with van der Waals surface area (Å²) in [6.45, 7) is -0.752. The molecule has 0 amide bonds. The lowest BCUT2D eigenvalue weighted by Gasteiger charge is -2.26. The number of benzene rings is 2. The summed E-state index contributed by atoms with van der Waals surface area (Å²) in [6.07, 6.45) is 5.86. The quantitative estimate of drug-likeness (QED) is 0.217. The highest BCUT2D eigenvalue weighted by Crippen LogP contribution is 2.38. The second-order valence-electron chi connectivity index (χ2n) is 9.94. The average Bonchev–Trinajstić information content (AvgIpc) is 2.93. The largest absolute Gasteiger partial charge is 0.504 e. The first-order valence-electron chi connectivity index (χ1n) is 13.3. The second kappa shape index (κ2) is 15.0. The van der Waals surface area contributed by atoms with Gasteiger partial charge in [0.25, 0.3) is 0 Å². The molecule has 1 aliphatic rings. The Morgan fingerprint density at radius 3 is 2.16 bits per heavy atom. The van der Waals surface area contributed by atoms with Crippen molar-refractivity contribution in [2.45, 2.75) is 76.1 Å². The highest BCUT2D eigenvalue weighted by Gasteiger charge is 2.25. The minimum absolute atomic E-state index is 0.113. The second-order valence-corrected chi connectivity index (χ2v) is 9.94. The topological polar surface area (TPSA) is 138 Å². The molecule has 5 N–H and O–H groups in total. The molecule has 0 unspecified atom stereocenters. The highest BCUT2D eigenvalue weighted by atomic mass is 16.6. The van der Waals surface area contributed by atoms with Gasteiger partial charge in [-0.25, -0.2) is 0 Å². The number of aliphatic hydroxyl groups is 3. The van der Waals surface area contributed by atoms with Gasteiger partial charge in [-0.2, -0.15) is 0 Å². The fourth-order valence-electron chi connectivity index (χ4n) is 5.03. The lowest BCUT2D eigenvalue weighted by atomic mass is 9.90. The number of phenolic OH excluding ortho intramolecular Hbond substituents is 2. The average molecular weight is 535 g/mol.